The van der Waals surface area contributed by atoms with Crippen molar-refractivity contribution in [1.29, 1.82) is 0 Å². The standard InChI is InChI=1S/C11H24N2O/c1-3-5-10(12)8-13-6-7-14-9-11(13)4-2/h10-11H,3-9,12H2,1-2H3. The van der Waals surface area contributed by atoms with Gasteiger partial charge in [0.1, 0.15) is 0 Å². The van der Waals surface area contributed by atoms with Crippen molar-refractivity contribution in [3.8, 4) is 0 Å². The summed E-state index contributed by atoms with van der Waals surface area (Å²) in [5, 5.41) is 0. The Hall–Kier alpha value is -0.120. The maximum Gasteiger partial charge on any atom is 0.0622 e. The van der Waals surface area contributed by atoms with Gasteiger partial charge >= 0.3 is 0 Å². The SMILES string of the molecule is CCCC(N)CN1CCOCC1CC. The molecule has 1 fully saturated rings. The maximum atomic E-state index is 6.05. The molecule has 0 aromatic heterocycles. The number of morpholine rings is 1. The molecule has 0 bridgehead atoms. The van der Waals surface area contributed by atoms with E-state index in [1.165, 1.54) is 12.8 Å². The molecule has 0 aromatic carbocycles. The molecule has 1 rings (SSSR count). The summed E-state index contributed by atoms with van der Waals surface area (Å²) in [5.41, 5.74) is 6.05. The zero-order valence-corrected chi connectivity index (χ0v) is 9.54. The summed E-state index contributed by atoms with van der Waals surface area (Å²) in [6.45, 7) is 8.25. The topological polar surface area (TPSA) is 38.5 Å². The van der Waals surface area contributed by atoms with E-state index in [1.54, 1.807) is 0 Å². The smallest absolute Gasteiger partial charge is 0.0622 e. The Morgan fingerprint density at radius 3 is 2.93 bits per heavy atom. The van der Waals surface area contributed by atoms with Crippen molar-refractivity contribution >= 4 is 0 Å². The third-order valence-electron chi connectivity index (χ3n) is 2.95. The Labute approximate surface area is 87.6 Å². The lowest BCUT2D eigenvalue weighted by molar-refractivity contribution is -0.0112. The minimum Gasteiger partial charge on any atom is -0.378 e. The highest BCUT2D eigenvalue weighted by atomic mass is 16.5. The second-order valence-electron chi connectivity index (χ2n) is 4.18. The number of ether oxygens (including phenoxy) is 1. The van der Waals surface area contributed by atoms with E-state index in [2.05, 4.69) is 18.7 Å². The summed E-state index contributed by atoms with van der Waals surface area (Å²) in [4.78, 5) is 2.49. The normalized spacial score (nSPS) is 26.4. The van der Waals surface area contributed by atoms with Gasteiger partial charge < -0.3 is 10.5 Å². The molecule has 84 valence electrons. The molecule has 0 aliphatic carbocycles. The quantitative estimate of drug-likeness (QED) is 0.725. The molecule has 0 amide bonds. The Bertz CT molecular complexity index is 152. The van der Waals surface area contributed by atoms with Crippen LogP contribution in [0.5, 0.6) is 0 Å². The molecule has 2 unspecified atom stereocenters. The molecule has 2 N–H and O–H groups in total. The highest BCUT2D eigenvalue weighted by Crippen LogP contribution is 2.11. The largest absolute Gasteiger partial charge is 0.378 e. The molecule has 0 aromatic rings. The molecule has 1 saturated heterocycles. The van der Waals surface area contributed by atoms with Gasteiger partial charge in [0.2, 0.25) is 0 Å². The monoisotopic (exact) mass is 200 g/mol. The van der Waals surface area contributed by atoms with Crippen LogP contribution in [0, 0.1) is 0 Å². The fourth-order valence-corrected chi connectivity index (χ4v) is 2.07. The highest BCUT2D eigenvalue weighted by Gasteiger charge is 2.22. The van der Waals surface area contributed by atoms with Gasteiger partial charge in [-0.25, -0.2) is 0 Å². The van der Waals surface area contributed by atoms with Crippen LogP contribution in [0.25, 0.3) is 0 Å². The zero-order valence-electron chi connectivity index (χ0n) is 9.54. The lowest BCUT2D eigenvalue weighted by Crippen LogP contribution is -2.49. The van der Waals surface area contributed by atoms with E-state index in [-0.39, 0.29) is 0 Å². The first kappa shape index (κ1) is 12.0. The van der Waals surface area contributed by atoms with Gasteiger partial charge in [-0.3, -0.25) is 4.90 Å². The summed E-state index contributed by atoms with van der Waals surface area (Å²) in [6.07, 6.45) is 3.48. The second kappa shape index (κ2) is 6.38. The van der Waals surface area contributed by atoms with E-state index < -0.39 is 0 Å². The molecule has 3 nitrogen and oxygen atoms in total. The summed E-state index contributed by atoms with van der Waals surface area (Å²) >= 11 is 0. The van der Waals surface area contributed by atoms with Crippen molar-refractivity contribution in [2.24, 2.45) is 5.73 Å². The molecule has 0 saturated carbocycles. The van der Waals surface area contributed by atoms with Gasteiger partial charge in [-0.15, -0.1) is 0 Å². The second-order valence-corrected chi connectivity index (χ2v) is 4.18. The van der Waals surface area contributed by atoms with Crippen LogP contribution in [-0.2, 0) is 4.74 Å². The predicted octanol–water partition coefficient (Wildman–Crippen LogP) is 1.22. The van der Waals surface area contributed by atoms with Crippen molar-refractivity contribution in [2.75, 3.05) is 26.3 Å². The molecular formula is C11H24N2O. The summed E-state index contributed by atoms with van der Waals surface area (Å²) < 4.78 is 5.46. The third-order valence-corrected chi connectivity index (χ3v) is 2.95. The van der Waals surface area contributed by atoms with Gasteiger partial charge in [-0.05, 0) is 12.8 Å². The maximum absolute atomic E-state index is 6.05. The Morgan fingerprint density at radius 1 is 1.50 bits per heavy atom. The van der Waals surface area contributed by atoms with E-state index in [0.29, 0.717) is 12.1 Å². The van der Waals surface area contributed by atoms with Gasteiger partial charge in [-0.1, -0.05) is 20.3 Å². The lowest BCUT2D eigenvalue weighted by Gasteiger charge is -2.36. The molecule has 1 aliphatic heterocycles. The van der Waals surface area contributed by atoms with E-state index in [1.807, 2.05) is 0 Å². The van der Waals surface area contributed by atoms with Gasteiger partial charge in [-0.2, -0.15) is 0 Å². The first-order valence-electron chi connectivity index (χ1n) is 5.85. The van der Waals surface area contributed by atoms with E-state index in [0.717, 1.165) is 32.7 Å². The first-order valence-corrected chi connectivity index (χ1v) is 5.85. The van der Waals surface area contributed by atoms with Crippen molar-refractivity contribution < 1.29 is 4.74 Å². The number of nitrogens with two attached hydrogens (primary N) is 1. The van der Waals surface area contributed by atoms with Crippen LogP contribution in [0.3, 0.4) is 0 Å². The van der Waals surface area contributed by atoms with Crippen LogP contribution in [-0.4, -0.2) is 43.3 Å². The van der Waals surface area contributed by atoms with Crippen molar-refractivity contribution in [3.63, 3.8) is 0 Å². The molecule has 2 atom stereocenters. The van der Waals surface area contributed by atoms with E-state index in [4.69, 9.17) is 10.5 Å². The summed E-state index contributed by atoms with van der Waals surface area (Å²) in [6, 6.07) is 0.929. The molecule has 0 radical (unpaired) electrons. The minimum atomic E-state index is 0.340. The molecule has 1 heterocycles. The predicted molar refractivity (Wildman–Crippen MR) is 59.4 cm³/mol. The molecule has 0 spiro atoms. The third kappa shape index (κ3) is 3.56. The Morgan fingerprint density at radius 2 is 2.29 bits per heavy atom. The van der Waals surface area contributed by atoms with E-state index in [9.17, 15) is 0 Å². The number of hydrogen-bond donors (Lipinski definition) is 1. The van der Waals surface area contributed by atoms with Crippen LogP contribution in [0.15, 0.2) is 0 Å². The van der Waals surface area contributed by atoms with Crippen LogP contribution in [0.4, 0.5) is 0 Å². The number of rotatable bonds is 5. The fourth-order valence-electron chi connectivity index (χ4n) is 2.07. The van der Waals surface area contributed by atoms with E-state index >= 15 is 0 Å². The van der Waals surface area contributed by atoms with Gasteiger partial charge in [0.15, 0.2) is 0 Å². The van der Waals surface area contributed by atoms with Crippen molar-refractivity contribution in [2.45, 2.75) is 45.2 Å². The highest BCUT2D eigenvalue weighted by molar-refractivity contribution is 4.77. The van der Waals surface area contributed by atoms with Crippen LogP contribution >= 0.6 is 0 Å². The van der Waals surface area contributed by atoms with Crippen molar-refractivity contribution in [1.82, 2.24) is 4.90 Å². The Balaban J connectivity index is 2.32. The average Bonchev–Trinajstić information content (AvgIpc) is 2.19. The Kier molecular flexibility index (Phi) is 5.45. The van der Waals surface area contributed by atoms with Gasteiger partial charge in [0, 0.05) is 25.2 Å². The zero-order chi connectivity index (χ0) is 10.4. The molecule has 3 heteroatoms. The summed E-state index contributed by atoms with van der Waals surface area (Å²) in [7, 11) is 0. The lowest BCUT2D eigenvalue weighted by atomic mass is 10.1. The van der Waals surface area contributed by atoms with Crippen LogP contribution in [0.1, 0.15) is 33.1 Å². The molecule has 14 heavy (non-hydrogen) atoms. The summed E-state index contributed by atoms with van der Waals surface area (Å²) in [5.74, 6) is 0. The minimum absolute atomic E-state index is 0.340. The number of nitrogens with zero attached hydrogens (tertiary/aromatic N) is 1. The molecule has 1 aliphatic rings. The van der Waals surface area contributed by atoms with Crippen LogP contribution in [0.2, 0.25) is 0 Å². The van der Waals surface area contributed by atoms with Crippen LogP contribution < -0.4 is 5.73 Å². The average molecular weight is 200 g/mol. The van der Waals surface area contributed by atoms with Crippen molar-refractivity contribution in [3.05, 3.63) is 0 Å². The first-order chi connectivity index (χ1) is 6.77. The van der Waals surface area contributed by atoms with Gasteiger partial charge in [0.05, 0.1) is 13.2 Å². The fraction of sp³-hybridized carbons (Fsp3) is 1.00. The number of hydrogen-bond acceptors (Lipinski definition) is 3. The molecular weight excluding hydrogens is 176 g/mol. The van der Waals surface area contributed by atoms with Gasteiger partial charge in [0.25, 0.3) is 0 Å².